The number of rotatable bonds is 5. The van der Waals surface area contributed by atoms with E-state index < -0.39 is 0 Å². The Bertz CT molecular complexity index is 710. The van der Waals surface area contributed by atoms with Crippen LogP contribution in [0.1, 0.15) is 13.3 Å². The highest BCUT2D eigenvalue weighted by atomic mass is 15.1. The molecule has 0 aliphatic rings. The van der Waals surface area contributed by atoms with Crippen LogP contribution in [0, 0.1) is 0 Å². The summed E-state index contributed by atoms with van der Waals surface area (Å²) in [7, 11) is 0. The molecule has 0 spiro atoms. The number of hydrogen-bond acceptors (Lipinski definition) is 3. The van der Waals surface area contributed by atoms with Crippen molar-refractivity contribution in [3.63, 3.8) is 0 Å². The average Bonchev–Trinajstić information content (AvgIpc) is 3.05. The van der Waals surface area contributed by atoms with Gasteiger partial charge in [0.05, 0.1) is 17.4 Å². The van der Waals surface area contributed by atoms with Gasteiger partial charge in [-0.05, 0) is 18.6 Å². The van der Waals surface area contributed by atoms with Crippen molar-refractivity contribution in [2.45, 2.75) is 26.4 Å². The standard InChI is InChI=1S/C15H19N5/c1-2-8-20-14-6-4-3-5-12(14)18-15(20)13-10-19(9-7-16)11-17-13/h3-6,10-11H,2,7-9,16H2,1H3. The number of benzene rings is 1. The number of aryl methyl sites for hydroxylation is 1. The summed E-state index contributed by atoms with van der Waals surface area (Å²) in [4.78, 5) is 9.20. The minimum atomic E-state index is 0.612. The first-order valence-electron chi connectivity index (χ1n) is 7.01. The second kappa shape index (κ2) is 5.46. The van der Waals surface area contributed by atoms with E-state index in [1.54, 1.807) is 0 Å². The lowest BCUT2D eigenvalue weighted by Crippen LogP contribution is -2.07. The van der Waals surface area contributed by atoms with E-state index >= 15 is 0 Å². The summed E-state index contributed by atoms with van der Waals surface area (Å²) in [5.74, 6) is 0.934. The van der Waals surface area contributed by atoms with E-state index in [4.69, 9.17) is 10.7 Å². The van der Waals surface area contributed by atoms with Crippen LogP contribution in [-0.4, -0.2) is 25.6 Å². The smallest absolute Gasteiger partial charge is 0.161 e. The van der Waals surface area contributed by atoms with Gasteiger partial charge in [-0.15, -0.1) is 0 Å². The van der Waals surface area contributed by atoms with Gasteiger partial charge in [0.1, 0.15) is 5.69 Å². The van der Waals surface area contributed by atoms with E-state index in [0.717, 1.165) is 42.1 Å². The Morgan fingerprint density at radius 2 is 2.05 bits per heavy atom. The topological polar surface area (TPSA) is 61.7 Å². The lowest BCUT2D eigenvalue weighted by Gasteiger charge is -2.05. The molecule has 104 valence electrons. The zero-order valence-corrected chi connectivity index (χ0v) is 11.7. The summed E-state index contributed by atoms with van der Waals surface area (Å²) < 4.78 is 4.25. The van der Waals surface area contributed by atoms with Crippen LogP contribution >= 0.6 is 0 Å². The van der Waals surface area contributed by atoms with Crippen LogP contribution in [0.3, 0.4) is 0 Å². The Hall–Kier alpha value is -2.14. The van der Waals surface area contributed by atoms with Gasteiger partial charge in [-0.3, -0.25) is 0 Å². The fourth-order valence-electron chi connectivity index (χ4n) is 2.47. The van der Waals surface area contributed by atoms with Crippen molar-refractivity contribution in [3.05, 3.63) is 36.8 Å². The summed E-state index contributed by atoms with van der Waals surface area (Å²) in [5, 5.41) is 0. The quantitative estimate of drug-likeness (QED) is 0.773. The van der Waals surface area contributed by atoms with Gasteiger partial charge in [-0.2, -0.15) is 0 Å². The van der Waals surface area contributed by atoms with Gasteiger partial charge in [0.15, 0.2) is 5.82 Å². The van der Waals surface area contributed by atoms with Crippen molar-refractivity contribution in [1.82, 2.24) is 19.1 Å². The lowest BCUT2D eigenvalue weighted by molar-refractivity contribution is 0.700. The zero-order chi connectivity index (χ0) is 13.9. The lowest BCUT2D eigenvalue weighted by atomic mass is 10.3. The number of aromatic nitrogens is 4. The maximum atomic E-state index is 5.58. The molecular weight excluding hydrogens is 250 g/mol. The molecule has 0 bridgehead atoms. The van der Waals surface area contributed by atoms with Crippen molar-refractivity contribution in [2.75, 3.05) is 6.54 Å². The summed E-state index contributed by atoms with van der Waals surface area (Å²) in [6, 6.07) is 8.22. The van der Waals surface area contributed by atoms with Crippen LogP contribution in [-0.2, 0) is 13.1 Å². The van der Waals surface area contributed by atoms with E-state index in [1.165, 1.54) is 0 Å². The third-order valence-corrected chi connectivity index (χ3v) is 3.35. The monoisotopic (exact) mass is 269 g/mol. The van der Waals surface area contributed by atoms with Crippen molar-refractivity contribution in [1.29, 1.82) is 0 Å². The molecule has 0 radical (unpaired) electrons. The molecule has 2 N–H and O–H groups in total. The molecule has 2 aromatic heterocycles. The first kappa shape index (κ1) is 12.9. The van der Waals surface area contributed by atoms with Gasteiger partial charge in [-0.1, -0.05) is 19.1 Å². The summed E-state index contributed by atoms with van der Waals surface area (Å²) in [6.45, 7) is 4.51. The number of hydrogen-bond donors (Lipinski definition) is 1. The Balaban J connectivity index is 2.11. The minimum absolute atomic E-state index is 0.612. The van der Waals surface area contributed by atoms with Crippen LogP contribution in [0.15, 0.2) is 36.8 Å². The molecule has 0 saturated carbocycles. The van der Waals surface area contributed by atoms with E-state index in [0.29, 0.717) is 6.54 Å². The van der Waals surface area contributed by atoms with Crippen molar-refractivity contribution < 1.29 is 0 Å². The molecule has 0 unspecified atom stereocenters. The average molecular weight is 269 g/mol. The fourth-order valence-corrected chi connectivity index (χ4v) is 2.47. The van der Waals surface area contributed by atoms with Crippen molar-refractivity contribution in [3.8, 4) is 11.5 Å². The zero-order valence-electron chi connectivity index (χ0n) is 11.7. The van der Waals surface area contributed by atoms with E-state index in [9.17, 15) is 0 Å². The van der Waals surface area contributed by atoms with Crippen LogP contribution in [0.2, 0.25) is 0 Å². The summed E-state index contributed by atoms with van der Waals surface area (Å²) in [6.07, 6.45) is 4.90. The second-order valence-electron chi connectivity index (χ2n) is 4.86. The van der Waals surface area contributed by atoms with Gasteiger partial charge < -0.3 is 14.9 Å². The van der Waals surface area contributed by atoms with Crippen molar-refractivity contribution in [2.24, 2.45) is 5.73 Å². The minimum Gasteiger partial charge on any atom is -0.335 e. The molecule has 0 amide bonds. The number of imidazole rings is 2. The van der Waals surface area contributed by atoms with Crippen LogP contribution < -0.4 is 5.73 Å². The van der Waals surface area contributed by atoms with Gasteiger partial charge >= 0.3 is 0 Å². The Kier molecular flexibility index (Phi) is 3.52. The molecule has 3 rings (SSSR count). The molecular formula is C15H19N5. The highest BCUT2D eigenvalue weighted by molar-refractivity contribution is 5.79. The molecule has 0 aliphatic carbocycles. The Morgan fingerprint density at radius 1 is 1.20 bits per heavy atom. The van der Waals surface area contributed by atoms with Gasteiger partial charge in [0.25, 0.3) is 0 Å². The van der Waals surface area contributed by atoms with E-state index in [2.05, 4.69) is 22.5 Å². The fraction of sp³-hybridized carbons (Fsp3) is 0.333. The highest BCUT2D eigenvalue weighted by Gasteiger charge is 2.13. The normalized spacial score (nSPS) is 11.3. The highest BCUT2D eigenvalue weighted by Crippen LogP contribution is 2.23. The molecule has 1 aromatic carbocycles. The number of nitrogens with zero attached hydrogens (tertiary/aromatic N) is 4. The van der Waals surface area contributed by atoms with Crippen LogP contribution in [0.5, 0.6) is 0 Å². The maximum absolute atomic E-state index is 5.58. The van der Waals surface area contributed by atoms with Gasteiger partial charge in [0, 0.05) is 25.8 Å². The Morgan fingerprint density at radius 3 is 2.85 bits per heavy atom. The number of para-hydroxylation sites is 2. The third kappa shape index (κ3) is 2.20. The van der Waals surface area contributed by atoms with Gasteiger partial charge in [-0.25, -0.2) is 9.97 Å². The molecule has 0 atom stereocenters. The molecule has 20 heavy (non-hydrogen) atoms. The summed E-state index contributed by atoms with van der Waals surface area (Å²) >= 11 is 0. The van der Waals surface area contributed by atoms with Crippen LogP contribution in [0.25, 0.3) is 22.6 Å². The molecule has 0 aliphatic heterocycles. The Labute approximate surface area is 118 Å². The molecule has 5 heteroatoms. The van der Waals surface area contributed by atoms with E-state index in [1.807, 2.05) is 35.3 Å². The number of fused-ring (bicyclic) bond motifs is 1. The second-order valence-corrected chi connectivity index (χ2v) is 4.86. The SMILES string of the molecule is CCCn1c(-c2cn(CCN)cn2)nc2ccccc21. The first-order valence-corrected chi connectivity index (χ1v) is 7.01. The van der Waals surface area contributed by atoms with Crippen LogP contribution in [0.4, 0.5) is 0 Å². The third-order valence-electron chi connectivity index (χ3n) is 3.35. The first-order chi connectivity index (χ1) is 9.83. The summed E-state index contributed by atoms with van der Waals surface area (Å²) in [5.41, 5.74) is 8.67. The predicted molar refractivity (Wildman–Crippen MR) is 80.3 cm³/mol. The molecule has 0 fully saturated rings. The number of nitrogens with two attached hydrogens (primary N) is 1. The van der Waals surface area contributed by atoms with Crippen molar-refractivity contribution >= 4 is 11.0 Å². The maximum Gasteiger partial charge on any atom is 0.161 e. The van der Waals surface area contributed by atoms with Gasteiger partial charge in [0.2, 0.25) is 0 Å². The molecule has 5 nitrogen and oxygen atoms in total. The molecule has 2 heterocycles. The van der Waals surface area contributed by atoms with E-state index in [-0.39, 0.29) is 0 Å². The molecule has 3 aromatic rings. The predicted octanol–water partition coefficient (Wildman–Crippen LogP) is 2.27. The largest absolute Gasteiger partial charge is 0.335 e. The molecule has 0 saturated heterocycles.